The lowest BCUT2D eigenvalue weighted by Crippen LogP contribution is -2.23. The molecule has 0 saturated heterocycles. The minimum atomic E-state index is -0.505. The molecule has 1 heterocycles. The Labute approximate surface area is 167 Å². The van der Waals surface area contributed by atoms with Crippen molar-refractivity contribution in [2.45, 2.75) is 20.8 Å². The van der Waals surface area contributed by atoms with Gasteiger partial charge >= 0.3 is 0 Å². The Balaban J connectivity index is 1.83. The van der Waals surface area contributed by atoms with Crippen LogP contribution >= 0.6 is 11.3 Å². The Morgan fingerprint density at radius 2 is 1.86 bits per heavy atom. The van der Waals surface area contributed by atoms with Gasteiger partial charge in [-0.25, -0.2) is 9.37 Å². The van der Waals surface area contributed by atoms with E-state index >= 15 is 0 Å². The lowest BCUT2D eigenvalue weighted by Gasteiger charge is -2.18. The maximum Gasteiger partial charge on any atom is 0.230 e. The lowest BCUT2D eigenvalue weighted by molar-refractivity contribution is -0.115. The SMILES string of the molecule is CC(=O)N(c1nc(/C=C/C(=O)c2ccc(C)c(C)c2)cs1)c1ccccc1F. The van der Waals surface area contributed by atoms with E-state index in [4.69, 9.17) is 0 Å². The van der Waals surface area contributed by atoms with Gasteiger partial charge in [-0.05, 0) is 55.3 Å². The summed E-state index contributed by atoms with van der Waals surface area (Å²) in [7, 11) is 0. The number of amides is 1. The number of para-hydroxylation sites is 1. The topological polar surface area (TPSA) is 50.3 Å². The van der Waals surface area contributed by atoms with Gasteiger partial charge in [-0.3, -0.25) is 14.5 Å². The van der Waals surface area contributed by atoms with Crippen molar-refractivity contribution >= 4 is 39.9 Å². The summed E-state index contributed by atoms with van der Waals surface area (Å²) in [5, 5.41) is 2.06. The molecule has 0 aliphatic heterocycles. The second-order valence-corrected chi connectivity index (χ2v) is 7.19. The smallest absolute Gasteiger partial charge is 0.230 e. The molecule has 142 valence electrons. The van der Waals surface area contributed by atoms with Gasteiger partial charge in [-0.1, -0.05) is 24.3 Å². The summed E-state index contributed by atoms with van der Waals surface area (Å²) in [5.74, 6) is -0.980. The predicted octanol–water partition coefficient (Wildman–Crippen LogP) is 5.48. The first-order valence-electron chi connectivity index (χ1n) is 8.67. The number of allylic oxidation sites excluding steroid dienone is 1. The second-order valence-electron chi connectivity index (χ2n) is 6.36. The van der Waals surface area contributed by atoms with Crippen LogP contribution in [0.4, 0.5) is 15.2 Å². The molecule has 0 N–H and O–H groups in total. The largest absolute Gasteiger partial charge is 0.289 e. The van der Waals surface area contributed by atoms with E-state index < -0.39 is 5.82 Å². The molecule has 0 fully saturated rings. The molecule has 0 aliphatic carbocycles. The minimum Gasteiger partial charge on any atom is -0.289 e. The van der Waals surface area contributed by atoms with Crippen LogP contribution in [-0.2, 0) is 4.79 Å². The monoisotopic (exact) mass is 394 g/mol. The molecule has 28 heavy (non-hydrogen) atoms. The number of ketones is 1. The number of halogens is 1. The fourth-order valence-electron chi connectivity index (χ4n) is 2.65. The molecule has 0 unspecified atom stereocenters. The summed E-state index contributed by atoms with van der Waals surface area (Å²) < 4.78 is 14.1. The van der Waals surface area contributed by atoms with Crippen LogP contribution in [0.2, 0.25) is 0 Å². The minimum absolute atomic E-state index is 0.129. The number of hydrogen-bond acceptors (Lipinski definition) is 4. The molecule has 3 rings (SSSR count). The standard InChI is InChI=1S/C22H19FN2O2S/c1-14-8-9-17(12-15(14)2)21(27)11-10-18-13-28-22(24-18)25(16(3)26)20-7-5-4-6-19(20)23/h4-13H,1-3H3/b11-10+. The van der Waals surface area contributed by atoms with E-state index in [1.807, 2.05) is 26.0 Å². The Morgan fingerprint density at radius 3 is 2.54 bits per heavy atom. The summed E-state index contributed by atoms with van der Waals surface area (Å²) in [6.45, 7) is 5.31. The van der Waals surface area contributed by atoms with Crippen LogP contribution in [0, 0.1) is 19.7 Å². The van der Waals surface area contributed by atoms with Gasteiger partial charge in [0.1, 0.15) is 5.82 Å². The third-order valence-corrected chi connectivity index (χ3v) is 5.15. The number of carbonyl (C=O) groups excluding carboxylic acids is 2. The predicted molar refractivity (Wildman–Crippen MR) is 111 cm³/mol. The summed E-state index contributed by atoms with van der Waals surface area (Å²) in [6.07, 6.45) is 3.04. The van der Waals surface area contributed by atoms with Gasteiger partial charge in [0.15, 0.2) is 10.9 Å². The fourth-order valence-corrected chi connectivity index (χ4v) is 3.50. The zero-order valence-corrected chi connectivity index (χ0v) is 16.6. The van der Waals surface area contributed by atoms with E-state index in [0.29, 0.717) is 16.4 Å². The number of rotatable bonds is 5. The Bertz CT molecular complexity index is 1070. The number of thiazole rings is 1. The first kappa shape index (κ1) is 19.6. The molecule has 0 spiro atoms. The zero-order valence-electron chi connectivity index (χ0n) is 15.8. The van der Waals surface area contributed by atoms with Gasteiger partial charge in [-0.15, -0.1) is 11.3 Å². The fraction of sp³-hybridized carbons (Fsp3) is 0.136. The summed E-state index contributed by atoms with van der Waals surface area (Å²) >= 11 is 1.21. The Morgan fingerprint density at radius 1 is 1.11 bits per heavy atom. The maximum absolute atomic E-state index is 14.1. The molecule has 0 bridgehead atoms. The molecule has 2 aromatic carbocycles. The highest BCUT2D eigenvalue weighted by molar-refractivity contribution is 7.14. The van der Waals surface area contributed by atoms with Gasteiger partial charge in [0, 0.05) is 17.9 Å². The number of aromatic nitrogens is 1. The Kier molecular flexibility index (Phi) is 5.80. The number of carbonyl (C=O) groups is 2. The summed E-state index contributed by atoms with van der Waals surface area (Å²) in [6, 6.07) is 11.6. The number of hydrogen-bond donors (Lipinski definition) is 0. The van der Waals surface area contributed by atoms with Gasteiger partial charge in [-0.2, -0.15) is 0 Å². The second kappa shape index (κ2) is 8.27. The molecule has 0 aliphatic rings. The van der Waals surface area contributed by atoms with Gasteiger partial charge < -0.3 is 0 Å². The molecular formula is C22H19FN2O2S. The normalized spacial score (nSPS) is 11.0. The van der Waals surface area contributed by atoms with Crippen LogP contribution in [0.3, 0.4) is 0 Å². The number of aryl methyl sites for hydroxylation is 2. The molecule has 0 saturated carbocycles. The summed E-state index contributed by atoms with van der Waals surface area (Å²) in [4.78, 5) is 30.0. The molecule has 4 nitrogen and oxygen atoms in total. The highest BCUT2D eigenvalue weighted by Gasteiger charge is 2.20. The number of anilines is 2. The van der Waals surface area contributed by atoms with E-state index in [2.05, 4.69) is 4.98 Å². The van der Waals surface area contributed by atoms with Crippen molar-refractivity contribution < 1.29 is 14.0 Å². The third-order valence-electron chi connectivity index (χ3n) is 4.31. The first-order chi connectivity index (χ1) is 13.4. The molecular weight excluding hydrogens is 375 g/mol. The molecule has 1 aromatic heterocycles. The van der Waals surface area contributed by atoms with Gasteiger partial charge in [0.05, 0.1) is 11.4 Å². The van der Waals surface area contributed by atoms with Gasteiger partial charge in [0.25, 0.3) is 0 Å². The van der Waals surface area contributed by atoms with E-state index in [1.54, 1.807) is 29.7 Å². The van der Waals surface area contributed by atoms with E-state index in [1.165, 1.54) is 41.4 Å². The van der Waals surface area contributed by atoms with Crippen LogP contribution in [0.1, 0.15) is 34.1 Å². The van der Waals surface area contributed by atoms with Crippen molar-refractivity contribution in [2.24, 2.45) is 0 Å². The average molecular weight is 394 g/mol. The van der Waals surface area contributed by atoms with Crippen LogP contribution in [0.25, 0.3) is 6.08 Å². The number of nitrogens with zero attached hydrogens (tertiary/aromatic N) is 2. The highest BCUT2D eigenvalue weighted by atomic mass is 32.1. The molecule has 6 heteroatoms. The first-order valence-corrected chi connectivity index (χ1v) is 9.55. The quantitative estimate of drug-likeness (QED) is 0.425. The van der Waals surface area contributed by atoms with Crippen molar-refractivity contribution in [1.82, 2.24) is 4.98 Å². The van der Waals surface area contributed by atoms with Crippen LogP contribution < -0.4 is 4.90 Å². The molecule has 0 radical (unpaired) electrons. The molecule has 1 amide bonds. The van der Waals surface area contributed by atoms with Crippen LogP contribution in [0.5, 0.6) is 0 Å². The van der Waals surface area contributed by atoms with Crippen molar-refractivity contribution in [2.75, 3.05) is 4.90 Å². The van der Waals surface area contributed by atoms with Crippen molar-refractivity contribution in [3.63, 3.8) is 0 Å². The number of benzene rings is 2. The molecule has 3 aromatic rings. The zero-order chi connectivity index (χ0) is 20.3. The van der Waals surface area contributed by atoms with E-state index in [0.717, 1.165) is 11.1 Å². The maximum atomic E-state index is 14.1. The Hall–Kier alpha value is -3.12. The van der Waals surface area contributed by atoms with Crippen LogP contribution in [0.15, 0.2) is 53.9 Å². The summed E-state index contributed by atoms with van der Waals surface area (Å²) in [5.41, 5.74) is 3.46. The van der Waals surface area contributed by atoms with Crippen LogP contribution in [-0.4, -0.2) is 16.7 Å². The van der Waals surface area contributed by atoms with Crippen molar-refractivity contribution in [1.29, 1.82) is 0 Å². The van der Waals surface area contributed by atoms with Crippen molar-refractivity contribution in [3.8, 4) is 0 Å². The average Bonchev–Trinajstić information content (AvgIpc) is 3.12. The lowest BCUT2D eigenvalue weighted by atomic mass is 10.0. The van der Waals surface area contributed by atoms with Gasteiger partial charge in [0.2, 0.25) is 5.91 Å². The molecule has 0 atom stereocenters. The van der Waals surface area contributed by atoms with E-state index in [-0.39, 0.29) is 17.4 Å². The highest BCUT2D eigenvalue weighted by Crippen LogP contribution is 2.31. The third kappa shape index (κ3) is 4.23. The van der Waals surface area contributed by atoms with Crippen molar-refractivity contribution in [3.05, 3.63) is 82.1 Å². The van der Waals surface area contributed by atoms with E-state index in [9.17, 15) is 14.0 Å².